The lowest BCUT2D eigenvalue weighted by Crippen LogP contribution is -2.37. The second-order valence-electron chi connectivity index (χ2n) is 2.62. The van der Waals surface area contributed by atoms with Gasteiger partial charge in [-0.3, -0.25) is 9.69 Å². The molecule has 75 valence electrons. The normalized spacial score (nSPS) is 9.79. The summed E-state index contributed by atoms with van der Waals surface area (Å²) in [6.45, 7) is 0. The second kappa shape index (κ2) is 4.71. The van der Waals surface area contributed by atoms with Gasteiger partial charge >= 0.3 is 6.03 Å². The fourth-order valence-electron chi connectivity index (χ4n) is 0.776. The van der Waals surface area contributed by atoms with Gasteiger partial charge in [-0.05, 0) is 0 Å². The number of urea groups is 1. The average molecular weight is 212 g/mol. The number of hydrogen-bond acceptors (Lipinski definition) is 4. The van der Waals surface area contributed by atoms with Crippen molar-refractivity contribution in [3.05, 3.63) is 23.0 Å². The van der Waals surface area contributed by atoms with Gasteiger partial charge in [0.1, 0.15) is 0 Å². The molecule has 0 unspecified atom stereocenters. The van der Waals surface area contributed by atoms with Crippen LogP contribution in [0.4, 0.5) is 4.79 Å². The molecule has 0 aliphatic carbocycles. The smallest absolute Gasteiger partial charge is 0.321 e. The van der Waals surface area contributed by atoms with Gasteiger partial charge in [0.25, 0.3) is 0 Å². The fourth-order valence-corrected chi connectivity index (χ4v) is 1.35. The lowest BCUT2D eigenvalue weighted by atomic mass is 10.2. The van der Waals surface area contributed by atoms with Crippen molar-refractivity contribution in [2.24, 2.45) is 5.73 Å². The third kappa shape index (κ3) is 2.81. The van der Waals surface area contributed by atoms with Crippen LogP contribution in [0.15, 0.2) is 10.9 Å². The molecule has 1 rings (SSSR count). The number of carbonyl (C=O) groups excluding carboxylic acids is 2. The van der Waals surface area contributed by atoms with Crippen LogP contribution in [0.1, 0.15) is 5.69 Å². The first kappa shape index (κ1) is 10.6. The van der Waals surface area contributed by atoms with Crippen molar-refractivity contribution in [3.8, 4) is 0 Å². The zero-order valence-corrected chi connectivity index (χ0v) is 8.45. The summed E-state index contributed by atoms with van der Waals surface area (Å²) in [5, 5.41) is 1.84. The van der Waals surface area contributed by atoms with Gasteiger partial charge in [0.2, 0.25) is 5.91 Å². The molecule has 0 fully saturated rings. The minimum absolute atomic E-state index is 0.412. The molecule has 1 aromatic heterocycles. The van der Waals surface area contributed by atoms with E-state index in [-0.39, 0.29) is 0 Å². The summed E-state index contributed by atoms with van der Waals surface area (Å²) in [7, 11) is 1.34. The van der Waals surface area contributed by atoms with E-state index in [0.29, 0.717) is 6.42 Å². The standard InChI is InChI=1S/C8H10N3O2S/c1-11(8(9)13)7(12)3-2-6-4-14-5-10-6/h3-5H,2H2,1H3,(H2,9,13). The molecule has 0 saturated heterocycles. The van der Waals surface area contributed by atoms with Gasteiger partial charge in [-0.15, -0.1) is 11.3 Å². The van der Waals surface area contributed by atoms with Crippen molar-refractivity contribution in [2.75, 3.05) is 7.05 Å². The molecule has 1 radical (unpaired) electrons. The summed E-state index contributed by atoms with van der Waals surface area (Å²) in [4.78, 5) is 26.7. The second-order valence-corrected chi connectivity index (χ2v) is 3.34. The fraction of sp³-hybridized carbons (Fsp3) is 0.250. The first-order valence-electron chi connectivity index (χ1n) is 3.88. The molecule has 0 spiro atoms. The number of nitrogens with zero attached hydrogens (tertiary/aromatic N) is 2. The summed E-state index contributed by atoms with van der Waals surface area (Å²) in [6.07, 6.45) is 1.79. The number of rotatable bonds is 3. The van der Waals surface area contributed by atoms with E-state index in [9.17, 15) is 9.59 Å². The Morgan fingerprint density at radius 2 is 2.43 bits per heavy atom. The predicted molar refractivity (Wildman–Crippen MR) is 52.5 cm³/mol. The molecule has 0 aromatic carbocycles. The van der Waals surface area contributed by atoms with Crippen LogP contribution < -0.4 is 5.73 Å². The number of aromatic nitrogens is 1. The summed E-state index contributed by atoms with van der Waals surface area (Å²) in [5.41, 5.74) is 7.41. The minimum Gasteiger partial charge on any atom is -0.351 e. The molecule has 1 heterocycles. The average Bonchev–Trinajstić information content (AvgIpc) is 2.65. The molecule has 0 atom stereocenters. The minimum atomic E-state index is -0.760. The number of imide groups is 1. The van der Waals surface area contributed by atoms with Crippen molar-refractivity contribution in [1.82, 2.24) is 9.88 Å². The van der Waals surface area contributed by atoms with Gasteiger partial charge in [-0.1, -0.05) is 0 Å². The number of nitrogens with two attached hydrogens (primary N) is 1. The third-order valence-corrected chi connectivity index (χ3v) is 2.27. The Kier molecular flexibility index (Phi) is 3.58. The summed E-state index contributed by atoms with van der Waals surface area (Å²) < 4.78 is 0. The van der Waals surface area contributed by atoms with Gasteiger partial charge in [0.15, 0.2) is 0 Å². The molecule has 6 heteroatoms. The van der Waals surface area contributed by atoms with Crippen LogP contribution in [0.25, 0.3) is 0 Å². The molecule has 0 aliphatic heterocycles. The summed E-state index contributed by atoms with van der Waals surface area (Å²) in [5.74, 6) is -0.412. The maximum absolute atomic E-state index is 11.2. The lowest BCUT2D eigenvalue weighted by molar-refractivity contribution is -0.123. The van der Waals surface area contributed by atoms with Gasteiger partial charge in [-0.25, -0.2) is 9.78 Å². The molecule has 5 nitrogen and oxygen atoms in total. The Balaban J connectivity index is 2.39. The molecular weight excluding hydrogens is 202 g/mol. The SMILES string of the molecule is CN(C(N)=O)C(=O)[CH]Cc1cscn1. The Morgan fingerprint density at radius 1 is 1.71 bits per heavy atom. The van der Waals surface area contributed by atoms with Crippen LogP contribution in [-0.2, 0) is 11.2 Å². The Morgan fingerprint density at radius 3 is 2.93 bits per heavy atom. The van der Waals surface area contributed by atoms with Crippen LogP contribution in [-0.4, -0.2) is 28.9 Å². The van der Waals surface area contributed by atoms with E-state index >= 15 is 0 Å². The van der Waals surface area contributed by atoms with E-state index in [1.807, 2.05) is 5.38 Å². The number of amides is 3. The van der Waals surface area contributed by atoms with E-state index in [1.54, 1.807) is 5.51 Å². The molecular formula is C8H10N3O2S. The highest BCUT2D eigenvalue weighted by atomic mass is 32.1. The largest absolute Gasteiger partial charge is 0.351 e. The molecule has 0 saturated carbocycles. The third-order valence-electron chi connectivity index (χ3n) is 1.63. The molecule has 1 aromatic rings. The van der Waals surface area contributed by atoms with E-state index in [4.69, 9.17) is 5.73 Å². The van der Waals surface area contributed by atoms with E-state index in [1.165, 1.54) is 24.8 Å². The van der Waals surface area contributed by atoms with Crippen molar-refractivity contribution in [3.63, 3.8) is 0 Å². The van der Waals surface area contributed by atoms with Crippen molar-refractivity contribution < 1.29 is 9.59 Å². The van der Waals surface area contributed by atoms with Crippen LogP contribution in [0.2, 0.25) is 0 Å². The maximum atomic E-state index is 11.2. The maximum Gasteiger partial charge on any atom is 0.321 e. The number of hydrogen-bond donors (Lipinski definition) is 1. The van der Waals surface area contributed by atoms with E-state index in [2.05, 4.69) is 4.98 Å². The van der Waals surface area contributed by atoms with Crippen LogP contribution in [0, 0.1) is 6.42 Å². The van der Waals surface area contributed by atoms with Crippen LogP contribution in [0.5, 0.6) is 0 Å². The Hall–Kier alpha value is -1.43. The zero-order chi connectivity index (χ0) is 10.6. The highest BCUT2D eigenvalue weighted by Crippen LogP contribution is 2.04. The number of primary amides is 1. The topological polar surface area (TPSA) is 76.3 Å². The lowest BCUT2D eigenvalue weighted by Gasteiger charge is -2.10. The Bertz CT molecular complexity index is 323. The van der Waals surface area contributed by atoms with Crippen LogP contribution >= 0.6 is 11.3 Å². The molecule has 3 amide bonds. The van der Waals surface area contributed by atoms with Crippen molar-refractivity contribution in [2.45, 2.75) is 6.42 Å². The Labute approximate surface area is 85.5 Å². The van der Waals surface area contributed by atoms with Crippen LogP contribution in [0.3, 0.4) is 0 Å². The highest BCUT2D eigenvalue weighted by Gasteiger charge is 2.13. The molecule has 14 heavy (non-hydrogen) atoms. The zero-order valence-electron chi connectivity index (χ0n) is 7.64. The predicted octanol–water partition coefficient (Wildman–Crippen LogP) is 0.427. The molecule has 2 N–H and O–H groups in total. The van der Waals surface area contributed by atoms with E-state index < -0.39 is 11.9 Å². The molecule has 0 bridgehead atoms. The van der Waals surface area contributed by atoms with Gasteiger partial charge in [0, 0.05) is 18.8 Å². The monoisotopic (exact) mass is 212 g/mol. The first-order chi connectivity index (χ1) is 6.61. The first-order valence-corrected chi connectivity index (χ1v) is 4.83. The summed E-state index contributed by atoms with van der Waals surface area (Å²) >= 11 is 1.46. The van der Waals surface area contributed by atoms with Gasteiger partial charge in [0.05, 0.1) is 17.6 Å². The molecule has 0 aliphatic rings. The number of carbonyl (C=O) groups is 2. The van der Waals surface area contributed by atoms with Gasteiger partial charge in [-0.2, -0.15) is 0 Å². The van der Waals surface area contributed by atoms with Gasteiger partial charge < -0.3 is 5.73 Å². The van der Waals surface area contributed by atoms with Crippen molar-refractivity contribution >= 4 is 23.3 Å². The highest BCUT2D eigenvalue weighted by molar-refractivity contribution is 7.07. The summed E-state index contributed by atoms with van der Waals surface area (Å²) in [6, 6.07) is -0.760. The van der Waals surface area contributed by atoms with E-state index in [0.717, 1.165) is 10.6 Å². The van der Waals surface area contributed by atoms with Crippen molar-refractivity contribution in [1.29, 1.82) is 0 Å². The quantitative estimate of drug-likeness (QED) is 0.789. The number of thiazole rings is 1.